The Morgan fingerprint density at radius 1 is 0.839 bits per heavy atom. The van der Waals surface area contributed by atoms with E-state index in [-0.39, 0.29) is 18.2 Å². The van der Waals surface area contributed by atoms with Crippen molar-refractivity contribution in [1.29, 1.82) is 0 Å². The molecule has 3 N–H and O–H groups in total. The van der Waals surface area contributed by atoms with Crippen LogP contribution in [0, 0.1) is 0 Å². The number of phenols is 1. The van der Waals surface area contributed by atoms with Crippen molar-refractivity contribution in [2.24, 2.45) is 5.73 Å². The van der Waals surface area contributed by atoms with Crippen LogP contribution in [0.1, 0.15) is 16.1 Å². The number of aromatic nitrogens is 2. The van der Waals surface area contributed by atoms with Gasteiger partial charge in [-0.05, 0) is 28.8 Å². The molecule has 0 saturated carbocycles. The monoisotopic (exact) mass is 407 g/mol. The summed E-state index contributed by atoms with van der Waals surface area (Å²) < 4.78 is 1.52. The second kappa shape index (κ2) is 7.70. The van der Waals surface area contributed by atoms with E-state index in [1.807, 2.05) is 60.7 Å². The van der Waals surface area contributed by atoms with E-state index >= 15 is 0 Å². The number of allylic oxidation sites excluding steroid dienone is 1. The van der Waals surface area contributed by atoms with Crippen LogP contribution >= 0.6 is 0 Å². The number of phenolic OH excluding ortho intramolecular Hbond substituents is 1. The first-order chi connectivity index (χ1) is 15.2. The van der Waals surface area contributed by atoms with Crippen molar-refractivity contribution in [2.45, 2.75) is 6.42 Å². The van der Waals surface area contributed by atoms with Crippen LogP contribution in [0.2, 0.25) is 0 Å². The minimum absolute atomic E-state index is 0.152. The molecular formula is C26H21N3O2. The van der Waals surface area contributed by atoms with Crippen molar-refractivity contribution in [3.63, 3.8) is 0 Å². The van der Waals surface area contributed by atoms with Crippen LogP contribution in [0.4, 0.5) is 0 Å². The lowest BCUT2D eigenvalue weighted by molar-refractivity contribution is 0.0958. The first-order valence-electron chi connectivity index (χ1n) is 10.2. The smallest absolute Gasteiger partial charge is 0.279 e. The molecule has 0 saturated heterocycles. The van der Waals surface area contributed by atoms with Gasteiger partial charge < -0.3 is 10.8 Å². The molecule has 1 aromatic heterocycles. The highest BCUT2D eigenvalue weighted by molar-refractivity contribution is 6.23. The third kappa shape index (κ3) is 3.25. The Hall–Kier alpha value is -3.96. The van der Waals surface area contributed by atoms with E-state index in [0.29, 0.717) is 12.0 Å². The zero-order valence-corrected chi connectivity index (χ0v) is 16.8. The Morgan fingerprint density at radius 3 is 2.06 bits per heavy atom. The molecule has 5 heteroatoms. The van der Waals surface area contributed by atoms with E-state index in [1.54, 1.807) is 24.3 Å². The first-order valence-corrected chi connectivity index (χ1v) is 10.2. The van der Waals surface area contributed by atoms with Crippen molar-refractivity contribution >= 4 is 11.5 Å². The number of nitrogens with zero attached hydrogens (tertiary/aromatic N) is 2. The third-order valence-electron chi connectivity index (χ3n) is 5.63. The maximum atomic E-state index is 13.6. The van der Waals surface area contributed by atoms with Gasteiger partial charge in [0.15, 0.2) is 0 Å². The van der Waals surface area contributed by atoms with Crippen LogP contribution in [-0.2, 0) is 6.42 Å². The summed E-state index contributed by atoms with van der Waals surface area (Å²) in [7, 11) is 0. The zero-order chi connectivity index (χ0) is 21.4. The molecule has 0 atom stereocenters. The van der Waals surface area contributed by atoms with Gasteiger partial charge >= 0.3 is 0 Å². The molecule has 0 bridgehead atoms. The first kappa shape index (κ1) is 19.0. The quantitative estimate of drug-likeness (QED) is 0.521. The number of hydrogen-bond acceptors (Lipinski definition) is 4. The molecule has 0 unspecified atom stereocenters. The average molecular weight is 407 g/mol. The van der Waals surface area contributed by atoms with E-state index in [9.17, 15) is 9.90 Å². The highest BCUT2D eigenvalue weighted by Crippen LogP contribution is 2.39. The van der Waals surface area contributed by atoms with Crippen LogP contribution in [0.3, 0.4) is 0 Å². The van der Waals surface area contributed by atoms with Crippen molar-refractivity contribution in [3.05, 3.63) is 102 Å². The van der Waals surface area contributed by atoms with Crippen molar-refractivity contribution < 1.29 is 9.90 Å². The molecule has 0 aliphatic carbocycles. The number of aromatic hydroxyl groups is 1. The van der Waals surface area contributed by atoms with Gasteiger partial charge in [0.2, 0.25) is 0 Å². The molecule has 0 amide bonds. The van der Waals surface area contributed by atoms with Gasteiger partial charge in [0.1, 0.15) is 11.4 Å². The topological polar surface area (TPSA) is 81.1 Å². The zero-order valence-electron chi connectivity index (χ0n) is 16.8. The predicted octanol–water partition coefficient (Wildman–Crippen LogP) is 4.53. The Balaban J connectivity index is 1.73. The van der Waals surface area contributed by atoms with Gasteiger partial charge in [0.25, 0.3) is 5.91 Å². The molecular weight excluding hydrogens is 386 g/mol. The van der Waals surface area contributed by atoms with Gasteiger partial charge in [-0.15, -0.1) is 0 Å². The fraction of sp³-hybridized carbons (Fsp3) is 0.0769. The fourth-order valence-corrected chi connectivity index (χ4v) is 4.17. The van der Waals surface area contributed by atoms with Crippen molar-refractivity contribution in [2.75, 3.05) is 6.54 Å². The maximum Gasteiger partial charge on any atom is 0.279 e. The Labute approximate surface area is 180 Å². The van der Waals surface area contributed by atoms with E-state index in [2.05, 4.69) is 0 Å². The largest absolute Gasteiger partial charge is 0.508 e. The summed E-state index contributed by atoms with van der Waals surface area (Å²) in [6.07, 6.45) is 0.530. The normalized spacial score (nSPS) is 13.4. The molecule has 1 aliphatic heterocycles. The van der Waals surface area contributed by atoms with Gasteiger partial charge in [-0.2, -0.15) is 9.78 Å². The molecule has 3 aromatic carbocycles. The molecule has 5 nitrogen and oxygen atoms in total. The van der Waals surface area contributed by atoms with Crippen LogP contribution in [0.15, 0.2) is 90.5 Å². The van der Waals surface area contributed by atoms with Crippen LogP contribution in [0.25, 0.3) is 28.0 Å². The minimum Gasteiger partial charge on any atom is -0.508 e. The highest BCUT2D eigenvalue weighted by Gasteiger charge is 2.32. The van der Waals surface area contributed by atoms with Gasteiger partial charge in [-0.3, -0.25) is 4.79 Å². The van der Waals surface area contributed by atoms with E-state index < -0.39 is 0 Å². The molecule has 152 valence electrons. The lowest BCUT2D eigenvalue weighted by Crippen LogP contribution is -2.26. The number of hydrogen-bond donors (Lipinski definition) is 2. The highest BCUT2D eigenvalue weighted by atomic mass is 16.3. The van der Waals surface area contributed by atoms with Gasteiger partial charge in [-0.25, -0.2) is 0 Å². The Morgan fingerprint density at radius 2 is 1.45 bits per heavy atom. The summed E-state index contributed by atoms with van der Waals surface area (Å²) in [4.78, 5) is 13.6. The second-order valence-corrected chi connectivity index (χ2v) is 7.53. The number of fused-ring (bicyclic) bond motifs is 1. The lowest BCUT2D eigenvalue weighted by atomic mass is 9.89. The Bertz CT molecular complexity index is 1290. The van der Waals surface area contributed by atoms with E-state index in [1.165, 1.54) is 4.68 Å². The summed E-state index contributed by atoms with van der Waals surface area (Å²) in [5.74, 6) is -0.0498. The van der Waals surface area contributed by atoms with E-state index in [0.717, 1.165) is 39.2 Å². The summed E-state index contributed by atoms with van der Waals surface area (Å²) in [5, 5.41) is 14.4. The van der Waals surface area contributed by atoms with Crippen LogP contribution in [0.5, 0.6) is 5.75 Å². The van der Waals surface area contributed by atoms with Gasteiger partial charge in [-0.1, -0.05) is 72.8 Å². The fourth-order valence-electron chi connectivity index (χ4n) is 4.17. The molecule has 0 fully saturated rings. The number of benzene rings is 3. The summed E-state index contributed by atoms with van der Waals surface area (Å²) in [6.45, 7) is 0.266. The minimum atomic E-state index is -0.202. The van der Waals surface area contributed by atoms with E-state index in [4.69, 9.17) is 10.8 Å². The SMILES string of the molecule is NCC1=C(c2ccc(O)cc2)C(=O)n2nc(-c3ccccc3)c(-c3ccccc3)c2C1. The standard InChI is InChI=1S/C26H21N3O2/c27-16-20-15-22-24(17-7-3-1-4-8-17)25(19-9-5-2-6-10-19)28-29(22)26(31)23(20)18-11-13-21(30)14-12-18/h1-14,30H,15-16,27H2. The number of nitrogens with two attached hydrogens (primary N) is 1. The molecule has 2 heterocycles. The number of carbonyl (C=O) groups is 1. The molecule has 5 rings (SSSR count). The van der Waals surface area contributed by atoms with Crippen LogP contribution < -0.4 is 5.73 Å². The molecule has 0 radical (unpaired) electrons. The van der Waals surface area contributed by atoms with Crippen molar-refractivity contribution in [1.82, 2.24) is 9.78 Å². The van der Waals surface area contributed by atoms with Crippen LogP contribution in [-0.4, -0.2) is 27.3 Å². The second-order valence-electron chi connectivity index (χ2n) is 7.53. The molecule has 1 aliphatic rings. The molecule has 4 aromatic rings. The summed E-state index contributed by atoms with van der Waals surface area (Å²) in [6, 6.07) is 26.6. The number of rotatable bonds is 4. The third-order valence-corrected chi connectivity index (χ3v) is 5.63. The Kier molecular flexibility index (Phi) is 4.73. The lowest BCUT2D eigenvalue weighted by Gasteiger charge is -2.21. The van der Waals surface area contributed by atoms with Gasteiger partial charge in [0.05, 0.1) is 5.69 Å². The predicted molar refractivity (Wildman–Crippen MR) is 122 cm³/mol. The maximum absolute atomic E-state index is 13.6. The molecule has 0 spiro atoms. The van der Waals surface area contributed by atoms with Gasteiger partial charge in [0, 0.05) is 29.7 Å². The summed E-state index contributed by atoms with van der Waals surface area (Å²) in [5.41, 5.74) is 12.8. The molecule has 31 heavy (non-hydrogen) atoms. The summed E-state index contributed by atoms with van der Waals surface area (Å²) >= 11 is 0. The van der Waals surface area contributed by atoms with Crippen molar-refractivity contribution in [3.8, 4) is 28.1 Å². The number of carbonyl (C=O) groups excluding carboxylic acids is 1. The average Bonchev–Trinajstić information content (AvgIpc) is 3.21.